The summed E-state index contributed by atoms with van der Waals surface area (Å²) in [6.45, 7) is 7.79. The summed E-state index contributed by atoms with van der Waals surface area (Å²) < 4.78 is 26.5. The Morgan fingerprint density at radius 2 is 2.00 bits per heavy atom. The van der Waals surface area contributed by atoms with E-state index in [2.05, 4.69) is 6.92 Å². The molecule has 0 aromatic heterocycles. The third-order valence-corrected chi connectivity index (χ3v) is 6.53. The lowest BCUT2D eigenvalue weighted by Crippen LogP contribution is -2.35. The second-order valence-corrected chi connectivity index (χ2v) is 8.13. The molecule has 1 saturated heterocycles. The molecule has 0 N–H and O–H groups in total. The Morgan fingerprint density at radius 3 is 2.54 bits per heavy atom. The topological polar surface area (TPSA) is 83.8 Å². The van der Waals surface area contributed by atoms with Crippen LogP contribution in [0.1, 0.15) is 33.6 Å². The highest BCUT2D eigenvalue weighted by Gasteiger charge is 2.28. The van der Waals surface area contributed by atoms with Crippen LogP contribution in [0, 0.1) is 16.0 Å². The molecule has 0 unspecified atom stereocenters. The molecule has 1 aromatic carbocycles. The number of nitrogens with zero attached hydrogens (tertiary/aromatic N) is 3. The lowest BCUT2D eigenvalue weighted by Gasteiger charge is -2.32. The molecule has 1 fully saturated rings. The molecule has 1 aliphatic rings. The highest BCUT2D eigenvalue weighted by molar-refractivity contribution is 7.89. The Hall–Kier alpha value is -1.67. The number of rotatable bonds is 6. The molecule has 0 amide bonds. The Labute approximate surface area is 143 Å². The molecule has 7 nitrogen and oxygen atoms in total. The van der Waals surface area contributed by atoms with Crippen LogP contribution in [-0.4, -0.2) is 43.8 Å². The second-order valence-electron chi connectivity index (χ2n) is 6.19. The van der Waals surface area contributed by atoms with Gasteiger partial charge in [0.05, 0.1) is 9.82 Å². The van der Waals surface area contributed by atoms with Gasteiger partial charge in [-0.3, -0.25) is 10.1 Å². The molecule has 0 saturated carbocycles. The number of sulfonamides is 1. The number of piperidine rings is 1. The largest absolute Gasteiger partial charge is 0.366 e. The molecular weight excluding hydrogens is 330 g/mol. The van der Waals surface area contributed by atoms with Gasteiger partial charge in [-0.25, -0.2) is 8.42 Å². The first kappa shape index (κ1) is 18.7. The lowest BCUT2D eigenvalue weighted by molar-refractivity contribution is -0.384. The number of benzene rings is 1. The molecule has 0 radical (unpaired) electrons. The molecule has 8 heteroatoms. The van der Waals surface area contributed by atoms with Crippen LogP contribution in [0.15, 0.2) is 23.1 Å². The maximum Gasteiger partial charge on any atom is 0.293 e. The summed E-state index contributed by atoms with van der Waals surface area (Å²) in [5, 5.41) is 11.5. The summed E-state index contributed by atoms with van der Waals surface area (Å²) in [6.07, 6.45) is 2.09. The monoisotopic (exact) mass is 355 g/mol. The van der Waals surface area contributed by atoms with Crippen molar-refractivity contribution >= 4 is 21.4 Å². The molecule has 1 atom stereocenters. The van der Waals surface area contributed by atoms with Crippen LogP contribution in [0.5, 0.6) is 0 Å². The summed E-state index contributed by atoms with van der Waals surface area (Å²) >= 11 is 0. The van der Waals surface area contributed by atoms with E-state index < -0.39 is 14.9 Å². The van der Waals surface area contributed by atoms with Gasteiger partial charge in [0, 0.05) is 32.2 Å². The van der Waals surface area contributed by atoms with Crippen LogP contribution in [0.2, 0.25) is 0 Å². The second kappa shape index (κ2) is 7.48. The van der Waals surface area contributed by atoms with Crippen molar-refractivity contribution in [3.05, 3.63) is 28.3 Å². The Kier molecular flexibility index (Phi) is 5.82. The molecule has 1 aliphatic heterocycles. The minimum atomic E-state index is -3.71. The van der Waals surface area contributed by atoms with Crippen molar-refractivity contribution in [1.29, 1.82) is 0 Å². The Bertz CT molecular complexity index is 701. The fourth-order valence-electron chi connectivity index (χ4n) is 3.20. The molecule has 1 heterocycles. The van der Waals surface area contributed by atoms with Crippen molar-refractivity contribution in [2.75, 3.05) is 31.1 Å². The normalized spacial score (nSPS) is 18.8. The predicted octanol–water partition coefficient (Wildman–Crippen LogP) is 2.86. The van der Waals surface area contributed by atoms with Gasteiger partial charge in [0.1, 0.15) is 5.69 Å². The standard InChI is InChI=1S/C16H25N3O4S/c1-4-18(5-2)24(22,23)14-8-9-15(16(11-14)19(20)21)17-10-6-7-13(3)12-17/h8-9,11,13H,4-7,10,12H2,1-3H3/t13-/m0/s1. The molecule has 0 spiro atoms. The van der Waals surface area contributed by atoms with Gasteiger partial charge in [-0.1, -0.05) is 20.8 Å². The van der Waals surface area contributed by atoms with Crippen molar-refractivity contribution in [1.82, 2.24) is 4.31 Å². The average Bonchev–Trinajstić information content (AvgIpc) is 2.55. The lowest BCUT2D eigenvalue weighted by atomic mass is 9.99. The van der Waals surface area contributed by atoms with Gasteiger partial charge in [-0.2, -0.15) is 4.31 Å². The number of hydrogen-bond donors (Lipinski definition) is 0. The zero-order chi connectivity index (χ0) is 17.9. The summed E-state index contributed by atoms with van der Waals surface area (Å²) in [5.41, 5.74) is 0.363. The minimum Gasteiger partial charge on any atom is -0.366 e. The van der Waals surface area contributed by atoms with E-state index in [1.807, 2.05) is 4.90 Å². The van der Waals surface area contributed by atoms with Crippen LogP contribution < -0.4 is 4.90 Å². The average molecular weight is 355 g/mol. The summed E-state index contributed by atoms with van der Waals surface area (Å²) in [7, 11) is -3.71. The van der Waals surface area contributed by atoms with Gasteiger partial charge in [-0.15, -0.1) is 0 Å². The molecule has 0 aliphatic carbocycles. The van der Waals surface area contributed by atoms with Gasteiger partial charge < -0.3 is 4.90 Å². The van der Waals surface area contributed by atoms with E-state index in [4.69, 9.17) is 0 Å². The highest BCUT2D eigenvalue weighted by atomic mass is 32.2. The van der Waals surface area contributed by atoms with Gasteiger partial charge in [0.15, 0.2) is 0 Å². The number of hydrogen-bond acceptors (Lipinski definition) is 5. The highest BCUT2D eigenvalue weighted by Crippen LogP contribution is 2.34. The third kappa shape index (κ3) is 3.70. The van der Waals surface area contributed by atoms with Gasteiger partial charge in [0.25, 0.3) is 5.69 Å². The van der Waals surface area contributed by atoms with E-state index in [1.165, 1.54) is 16.4 Å². The third-order valence-electron chi connectivity index (χ3n) is 4.48. The number of nitro groups is 1. The van der Waals surface area contributed by atoms with Crippen molar-refractivity contribution in [3.63, 3.8) is 0 Å². The van der Waals surface area contributed by atoms with E-state index in [0.717, 1.165) is 25.9 Å². The fourth-order valence-corrected chi connectivity index (χ4v) is 4.68. The first-order chi connectivity index (χ1) is 11.3. The smallest absolute Gasteiger partial charge is 0.293 e. The molecule has 24 heavy (non-hydrogen) atoms. The maximum atomic E-state index is 12.6. The summed E-state index contributed by atoms with van der Waals surface area (Å²) in [6, 6.07) is 4.25. The Balaban J connectivity index is 2.45. The summed E-state index contributed by atoms with van der Waals surface area (Å²) in [4.78, 5) is 13.0. The zero-order valence-electron chi connectivity index (χ0n) is 14.4. The van der Waals surface area contributed by atoms with Crippen molar-refractivity contribution < 1.29 is 13.3 Å². The van der Waals surface area contributed by atoms with Gasteiger partial charge in [-0.05, 0) is 30.9 Å². The SMILES string of the molecule is CCN(CC)S(=O)(=O)c1ccc(N2CCC[C@H](C)C2)c([N+](=O)[O-])c1. The predicted molar refractivity (Wildman–Crippen MR) is 93.8 cm³/mol. The molecule has 1 aromatic rings. The van der Waals surface area contributed by atoms with E-state index in [-0.39, 0.29) is 10.6 Å². The quantitative estimate of drug-likeness (QED) is 0.579. The van der Waals surface area contributed by atoms with Gasteiger partial charge >= 0.3 is 0 Å². The molecule has 134 valence electrons. The van der Waals surface area contributed by atoms with Crippen molar-refractivity contribution in [3.8, 4) is 0 Å². The first-order valence-corrected chi connectivity index (χ1v) is 9.78. The number of nitro benzene ring substituents is 1. The van der Waals surface area contributed by atoms with Gasteiger partial charge in [0.2, 0.25) is 10.0 Å². The van der Waals surface area contributed by atoms with Crippen LogP contribution in [0.4, 0.5) is 11.4 Å². The number of anilines is 1. The minimum absolute atomic E-state index is 0.0216. The summed E-state index contributed by atoms with van der Waals surface area (Å²) in [5.74, 6) is 0.470. The van der Waals surface area contributed by atoms with E-state index in [9.17, 15) is 18.5 Å². The first-order valence-electron chi connectivity index (χ1n) is 8.34. The van der Waals surface area contributed by atoms with E-state index in [1.54, 1.807) is 19.9 Å². The fraction of sp³-hybridized carbons (Fsp3) is 0.625. The van der Waals surface area contributed by atoms with Crippen LogP contribution in [0.25, 0.3) is 0 Å². The Morgan fingerprint density at radius 1 is 1.33 bits per heavy atom. The van der Waals surface area contributed by atoms with Crippen LogP contribution in [-0.2, 0) is 10.0 Å². The van der Waals surface area contributed by atoms with E-state index >= 15 is 0 Å². The molecule has 2 rings (SSSR count). The molecular formula is C16H25N3O4S. The van der Waals surface area contributed by atoms with E-state index in [0.29, 0.717) is 24.7 Å². The molecule has 0 bridgehead atoms. The van der Waals surface area contributed by atoms with Crippen LogP contribution in [0.3, 0.4) is 0 Å². The maximum absolute atomic E-state index is 12.6. The van der Waals surface area contributed by atoms with Crippen molar-refractivity contribution in [2.45, 2.75) is 38.5 Å². The van der Waals surface area contributed by atoms with Crippen LogP contribution >= 0.6 is 0 Å². The zero-order valence-corrected chi connectivity index (χ0v) is 15.3. The van der Waals surface area contributed by atoms with Crippen molar-refractivity contribution in [2.24, 2.45) is 5.92 Å².